The average molecular weight is 362 g/mol. The molecule has 1 aromatic heterocycles. The summed E-state index contributed by atoms with van der Waals surface area (Å²) >= 11 is 0. The van der Waals surface area contributed by atoms with Crippen LogP contribution in [-0.4, -0.2) is 55.6 Å². The second-order valence-electron chi connectivity index (χ2n) is 6.02. The van der Waals surface area contributed by atoms with Gasteiger partial charge in [-0.05, 0) is 0 Å². The fraction of sp³-hybridized carbons (Fsp3) is 0.353. The van der Waals surface area contributed by atoms with Crippen LogP contribution in [0.15, 0.2) is 46.1 Å². The maximum atomic E-state index is 12.3. The van der Waals surface area contributed by atoms with Crippen LogP contribution in [0.25, 0.3) is 0 Å². The summed E-state index contributed by atoms with van der Waals surface area (Å²) in [7, 11) is 0. The van der Waals surface area contributed by atoms with E-state index in [1.165, 1.54) is 0 Å². The van der Waals surface area contributed by atoms with Crippen LogP contribution < -0.4 is 11.2 Å². The Bertz CT molecular complexity index is 905. The van der Waals surface area contributed by atoms with Crippen molar-refractivity contribution in [3.63, 3.8) is 0 Å². The molecule has 0 saturated carbocycles. The molecule has 1 aromatic carbocycles. The van der Waals surface area contributed by atoms with Crippen LogP contribution in [0.2, 0.25) is 0 Å². The van der Waals surface area contributed by atoms with Gasteiger partial charge in [0.15, 0.2) is 12.0 Å². The Morgan fingerprint density at radius 1 is 1.15 bits per heavy atom. The Kier molecular flexibility index (Phi) is 5.14. The summed E-state index contributed by atoms with van der Waals surface area (Å²) in [6.45, 7) is -0.549. The predicted octanol–water partition coefficient (Wildman–Crippen LogP) is -1.43. The number of aliphatic hydroxyl groups excluding tert-OH is 3. The van der Waals surface area contributed by atoms with Crippen LogP contribution in [0.5, 0.6) is 0 Å². The third-order valence-corrected chi connectivity index (χ3v) is 4.28. The molecule has 4 N–H and O–H groups in total. The highest BCUT2D eigenvalue weighted by molar-refractivity contribution is 5.97. The molecule has 0 bridgehead atoms. The van der Waals surface area contributed by atoms with Crippen molar-refractivity contribution in [2.24, 2.45) is 0 Å². The van der Waals surface area contributed by atoms with Gasteiger partial charge in [0.05, 0.1) is 6.61 Å². The number of carbonyl (C=O) groups excluding carboxylic acids is 1. The van der Waals surface area contributed by atoms with Crippen molar-refractivity contribution in [2.45, 2.75) is 31.0 Å². The van der Waals surface area contributed by atoms with Crippen LogP contribution in [0.1, 0.15) is 22.1 Å². The molecule has 0 aliphatic carbocycles. The molecule has 4 atom stereocenters. The van der Waals surface area contributed by atoms with Crippen molar-refractivity contribution >= 4 is 5.78 Å². The molecule has 0 unspecified atom stereocenters. The van der Waals surface area contributed by atoms with E-state index >= 15 is 0 Å². The Morgan fingerprint density at radius 2 is 1.85 bits per heavy atom. The number of hydrogen-bond acceptors (Lipinski definition) is 7. The van der Waals surface area contributed by atoms with E-state index in [0.717, 1.165) is 10.8 Å². The fourth-order valence-electron chi connectivity index (χ4n) is 2.85. The highest BCUT2D eigenvalue weighted by Gasteiger charge is 2.43. The van der Waals surface area contributed by atoms with E-state index in [-0.39, 0.29) is 17.8 Å². The highest BCUT2D eigenvalue weighted by Crippen LogP contribution is 2.28. The molecule has 9 nitrogen and oxygen atoms in total. The van der Waals surface area contributed by atoms with Gasteiger partial charge in [0, 0.05) is 23.7 Å². The molecule has 3 rings (SSSR count). The van der Waals surface area contributed by atoms with E-state index < -0.39 is 42.4 Å². The second kappa shape index (κ2) is 7.34. The quantitative estimate of drug-likeness (QED) is 0.478. The van der Waals surface area contributed by atoms with Gasteiger partial charge in [-0.2, -0.15) is 0 Å². The number of ketones is 1. The first kappa shape index (κ1) is 18.2. The van der Waals surface area contributed by atoms with Gasteiger partial charge in [0.1, 0.15) is 18.3 Å². The van der Waals surface area contributed by atoms with Crippen molar-refractivity contribution in [3.8, 4) is 0 Å². The molecule has 26 heavy (non-hydrogen) atoms. The van der Waals surface area contributed by atoms with Crippen molar-refractivity contribution < 1.29 is 24.9 Å². The van der Waals surface area contributed by atoms with E-state index in [9.17, 15) is 24.6 Å². The van der Waals surface area contributed by atoms with Crippen molar-refractivity contribution in [2.75, 3.05) is 6.61 Å². The standard InChI is InChI=1S/C17H18N2O7/c20-8-12-13(22)14(23)16(26-12)19-7-10(15(24)18-17(19)25)6-11(21)9-4-2-1-3-5-9/h1-5,7,12-14,16,20,22-23H,6,8H2,(H,18,24,25)/t12-,13-,14-,16-/m1/s1. The largest absolute Gasteiger partial charge is 0.394 e. The number of carbonyl (C=O) groups is 1. The summed E-state index contributed by atoms with van der Waals surface area (Å²) in [5.41, 5.74) is -1.16. The Labute approximate surface area is 147 Å². The number of rotatable bonds is 5. The lowest BCUT2D eigenvalue weighted by Crippen LogP contribution is -2.39. The molecule has 0 amide bonds. The molecule has 9 heteroatoms. The third-order valence-electron chi connectivity index (χ3n) is 4.28. The molecule has 2 heterocycles. The third kappa shape index (κ3) is 3.37. The molecule has 1 fully saturated rings. The molecule has 0 spiro atoms. The number of nitrogens with one attached hydrogen (secondary N) is 1. The van der Waals surface area contributed by atoms with Crippen molar-refractivity contribution in [3.05, 3.63) is 68.5 Å². The topological polar surface area (TPSA) is 142 Å². The first-order chi connectivity index (χ1) is 12.4. The molecular weight excluding hydrogens is 344 g/mol. The minimum Gasteiger partial charge on any atom is -0.394 e. The zero-order valence-corrected chi connectivity index (χ0v) is 13.6. The second-order valence-corrected chi connectivity index (χ2v) is 6.02. The number of benzene rings is 1. The van der Waals surface area contributed by atoms with Gasteiger partial charge >= 0.3 is 5.69 Å². The zero-order chi connectivity index (χ0) is 18.8. The van der Waals surface area contributed by atoms with E-state index in [4.69, 9.17) is 9.84 Å². The molecule has 2 aromatic rings. The van der Waals surface area contributed by atoms with Crippen LogP contribution in [0, 0.1) is 0 Å². The summed E-state index contributed by atoms with van der Waals surface area (Å²) < 4.78 is 6.19. The molecule has 138 valence electrons. The number of aromatic nitrogens is 2. The molecule has 1 aliphatic rings. The monoisotopic (exact) mass is 362 g/mol. The minimum atomic E-state index is -1.48. The molecule has 0 radical (unpaired) electrons. The van der Waals surface area contributed by atoms with Gasteiger partial charge in [-0.25, -0.2) is 4.79 Å². The van der Waals surface area contributed by atoms with Gasteiger partial charge in [-0.1, -0.05) is 30.3 Å². The summed E-state index contributed by atoms with van der Waals surface area (Å²) in [5.74, 6) is -0.317. The number of aromatic amines is 1. The lowest BCUT2D eigenvalue weighted by Gasteiger charge is -2.17. The molecular formula is C17H18N2O7. The van der Waals surface area contributed by atoms with E-state index in [2.05, 4.69) is 4.98 Å². The van der Waals surface area contributed by atoms with E-state index in [1.807, 2.05) is 0 Å². The zero-order valence-electron chi connectivity index (χ0n) is 13.6. The number of nitrogens with zero attached hydrogens (tertiary/aromatic N) is 1. The summed E-state index contributed by atoms with van der Waals surface area (Å²) in [6.07, 6.45) is -4.36. The van der Waals surface area contributed by atoms with Gasteiger partial charge in [-0.15, -0.1) is 0 Å². The number of Topliss-reactive ketones (excluding diaryl/α,β-unsaturated/α-hetero) is 1. The van der Waals surface area contributed by atoms with E-state index in [0.29, 0.717) is 5.56 Å². The predicted molar refractivity (Wildman–Crippen MR) is 88.8 cm³/mol. The minimum absolute atomic E-state index is 0.0104. The maximum absolute atomic E-state index is 12.3. The van der Waals surface area contributed by atoms with Gasteiger partial charge in [-0.3, -0.25) is 19.1 Å². The Morgan fingerprint density at radius 3 is 2.46 bits per heavy atom. The fourth-order valence-corrected chi connectivity index (χ4v) is 2.85. The summed E-state index contributed by atoms with van der Waals surface area (Å²) in [4.78, 5) is 38.5. The number of ether oxygens (including phenoxy) is 1. The maximum Gasteiger partial charge on any atom is 0.330 e. The van der Waals surface area contributed by atoms with Gasteiger partial charge in [0.2, 0.25) is 0 Å². The first-order valence-electron chi connectivity index (χ1n) is 7.97. The van der Waals surface area contributed by atoms with Crippen LogP contribution in [0.3, 0.4) is 0 Å². The van der Waals surface area contributed by atoms with Crippen molar-refractivity contribution in [1.29, 1.82) is 0 Å². The highest BCUT2D eigenvalue weighted by atomic mass is 16.6. The van der Waals surface area contributed by atoms with Crippen LogP contribution in [0.4, 0.5) is 0 Å². The average Bonchev–Trinajstić information content (AvgIpc) is 2.92. The van der Waals surface area contributed by atoms with Crippen LogP contribution >= 0.6 is 0 Å². The van der Waals surface area contributed by atoms with E-state index in [1.54, 1.807) is 30.3 Å². The van der Waals surface area contributed by atoms with Crippen LogP contribution in [-0.2, 0) is 11.2 Å². The number of aliphatic hydroxyl groups is 3. The summed E-state index contributed by atoms with van der Waals surface area (Å²) in [6, 6.07) is 8.36. The number of hydrogen-bond donors (Lipinski definition) is 4. The lowest BCUT2D eigenvalue weighted by atomic mass is 10.1. The number of H-pyrrole nitrogens is 1. The van der Waals surface area contributed by atoms with Crippen molar-refractivity contribution in [1.82, 2.24) is 9.55 Å². The summed E-state index contributed by atoms with van der Waals surface area (Å²) in [5, 5.41) is 29.0. The van der Waals surface area contributed by atoms with Gasteiger partial charge < -0.3 is 20.1 Å². The smallest absolute Gasteiger partial charge is 0.330 e. The molecule has 1 aliphatic heterocycles. The lowest BCUT2D eigenvalue weighted by molar-refractivity contribution is -0.0551. The molecule has 1 saturated heterocycles. The first-order valence-corrected chi connectivity index (χ1v) is 7.97. The SMILES string of the molecule is O=C(Cc1cn([C@@H]2O[C@H](CO)[C@@H](O)[C@H]2O)c(=O)[nH]c1=O)c1ccccc1. The Hall–Kier alpha value is -2.59. The van der Waals surface area contributed by atoms with Gasteiger partial charge in [0.25, 0.3) is 5.56 Å². The normalized spacial score (nSPS) is 25.3. The Balaban J connectivity index is 1.92.